The van der Waals surface area contributed by atoms with Crippen molar-refractivity contribution in [2.75, 3.05) is 32.0 Å². The number of hydrogen-bond acceptors (Lipinski definition) is 13. The first-order valence-corrected chi connectivity index (χ1v) is 13.8. The number of hydrogen-bond donors (Lipinski definition) is 4. The molecular weight excluding hydrogens is 606 g/mol. The SMILES string of the molecule is Nc1nc2c(ncn2COCC(COC(=O)CNC(=O)OCc2ccccc2)OC(=O)CNC(=O)OCc2ccccc2)c(=O)[nH]1. The lowest BCUT2D eigenvalue weighted by atomic mass is 10.2. The number of aromatic nitrogens is 4. The van der Waals surface area contributed by atoms with Crippen molar-refractivity contribution in [1.82, 2.24) is 30.2 Å². The van der Waals surface area contributed by atoms with Crippen molar-refractivity contribution < 1.29 is 42.9 Å². The average Bonchev–Trinajstić information content (AvgIpc) is 3.47. The molecule has 2 amide bonds. The van der Waals surface area contributed by atoms with Crippen LogP contribution >= 0.6 is 0 Å². The molecule has 0 spiro atoms. The lowest BCUT2D eigenvalue weighted by Crippen LogP contribution is -2.37. The first-order valence-electron chi connectivity index (χ1n) is 13.8. The van der Waals surface area contributed by atoms with Crippen LogP contribution in [0.25, 0.3) is 11.2 Å². The normalized spacial score (nSPS) is 11.3. The highest BCUT2D eigenvalue weighted by molar-refractivity contribution is 5.79. The van der Waals surface area contributed by atoms with Gasteiger partial charge in [-0.25, -0.2) is 14.6 Å². The lowest BCUT2D eigenvalue weighted by Gasteiger charge is -2.18. The van der Waals surface area contributed by atoms with Crippen molar-refractivity contribution >= 4 is 41.2 Å². The Labute approximate surface area is 260 Å². The number of carbonyl (C=O) groups is 4. The molecule has 0 saturated carbocycles. The van der Waals surface area contributed by atoms with Gasteiger partial charge in [0.15, 0.2) is 17.3 Å². The summed E-state index contributed by atoms with van der Waals surface area (Å²) in [6.45, 7) is -2.00. The Hall–Kier alpha value is -5.97. The number of anilines is 1. The molecule has 0 aliphatic heterocycles. The summed E-state index contributed by atoms with van der Waals surface area (Å²) < 4.78 is 27.6. The quantitative estimate of drug-likeness (QED) is 0.105. The van der Waals surface area contributed by atoms with E-state index in [-0.39, 0.29) is 43.7 Å². The van der Waals surface area contributed by atoms with Gasteiger partial charge < -0.3 is 40.1 Å². The van der Waals surface area contributed by atoms with Crippen LogP contribution < -0.4 is 21.9 Å². The number of fused-ring (bicyclic) bond motifs is 1. The topological polar surface area (TPSA) is 228 Å². The minimum Gasteiger partial charge on any atom is -0.460 e. The number of nitrogen functional groups attached to an aromatic ring is 1. The zero-order chi connectivity index (χ0) is 32.7. The Morgan fingerprint density at radius 2 is 1.41 bits per heavy atom. The van der Waals surface area contributed by atoms with Gasteiger partial charge in [0.05, 0.1) is 12.9 Å². The molecule has 0 saturated heterocycles. The number of H-pyrrole nitrogens is 1. The molecule has 1 unspecified atom stereocenters. The highest BCUT2D eigenvalue weighted by Crippen LogP contribution is 2.08. The molecule has 2 aromatic carbocycles. The predicted molar refractivity (Wildman–Crippen MR) is 159 cm³/mol. The Kier molecular flexibility index (Phi) is 12.0. The number of esters is 2. The number of ether oxygens (including phenoxy) is 5. The van der Waals surface area contributed by atoms with Crippen LogP contribution in [0.1, 0.15) is 11.1 Å². The number of benzene rings is 2. The van der Waals surface area contributed by atoms with Gasteiger partial charge in [0, 0.05) is 0 Å². The number of aromatic amines is 1. The predicted octanol–water partition coefficient (Wildman–Crippen LogP) is 0.984. The number of rotatable bonds is 15. The van der Waals surface area contributed by atoms with Crippen molar-refractivity contribution in [2.45, 2.75) is 26.0 Å². The number of nitrogens with zero attached hydrogens (tertiary/aromatic N) is 3. The molecule has 1 atom stereocenters. The molecule has 2 aromatic heterocycles. The lowest BCUT2D eigenvalue weighted by molar-refractivity contribution is -0.162. The van der Waals surface area contributed by atoms with E-state index in [0.29, 0.717) is 0 Å². The van der Waals surface area contributed by atoms with Gasteiger partial charge in [-0.3, -0.25) is 23.9 Å². The summed E-state index contributed by atoms with van der Waals surface area (Å²) in [4.78, 5) is 71.0. The van der Waals surface area contributed by atoms with E-state index < -0.39 is 55.5 Å². The summed E-state index contributed by atoms with van der Waals surface area (Å²) >= 11 is 0. The number of alkyl carbamates (subject to hydrolysis) is 2. The molecular formula is C29H31N7O10. The highest BCUT2D eigenvalue weighted by atomic mass is 16.6. The fourth-order valence-electron chi connectivity index (χ4n) is 3.77. The number of nitrogens with two attached hydrogens (primary N) is 1. The maximum atomic E-state index is 12.5. The second-order valence-corrected chi connectivity index (χ2v) is 9.46. The Morgan fingerprint density at radius 3 is 2.02 bits per heavy atom. The minimum atomic E-state index is -1.14. The first kappa shape index (κ1) is 32.9. The molecule has 0 aliphatic carbocycles. The molecule has 0 aliphatic rings. The third-order valence-corrected chi connectivity index (χ3v) is 5.94. The molecule has 2 heterocycles. The molecule has 0 radical (unpaired) electrons. The van der Waals surface area contributed by atoms with Crippen molar-refractivity contribution in [3.05, 3.63) is 88.5 Å². The summed E-state index contributed by atoms with van der Waals surface area (Å²) in [5.41, 5.74) is 6.79. The van der Waals surface area contributed by atoms with Crippen molar-refractivity contribution in [3.63, 3.8) is 0 Å². The maximum Gasteiger partial charge on any atom is 0.407 e. The first-order chi connectivity index (χ1) is 22.3. The van der Waals surface area contributed by atoms with E-state index in [2.05, 4.69) is 25.6 Å². The summed E-state index contributed by atoms with van der Waals surface area (Å²) in [6.07, 6.45) is -1.52. The molecule has 4 rings (SSSR count). The molecule has 17 nitrogen and oxygen atoms in total. The van der Waals surface area contributed by atoms with Crippen LogP contribution in [0, 0.1) is 0 Å². The number of carbonyl (C=O) groups excluding carboxylic acids is 4. The van der Waals surface area contributed by atoms with E-state index in [1.54, 1.807) is 48.5 Å². The molecule has 0 fully saturated rings. The summed E-state index contributed by atoms with van der Waals surface area (Å²) in [5.74, 6) is -1.84. The number of amides is 2. The van der Waals surface area contributed by atoms with E-state index in [1.165, 1.54) is 10.9 Å². The van der Waals surface area contributed by atoms with Crippen LogP contribution in [0.4, 0.5) is 15.5 Å². The van der Waals surface area contributed by atoms with E-state index in [4.69, 9.17) is 29.4 Å². The van der Waals surface area contributed by atoms with Gasteiger partial charge in [0.2, 0.25) is 5.95 Å². The summed E-state index contributed by atoms with van der Waals surface area (Å²) in [6, 6.07) is 17.9. The Balaban J connectivity index is 1.26. The number of nitrogens with one attached hydrogen (secondary N) is 3. The minimum absolute atomic E-state index is 0.00270. The second kappa shape index (κ2) is 16.8. The fourth-order valence-corrected chi connectivity index (χ4v) is 3.77. The fraction of sp³-hybridized carbons (Fsp3) is 0.276. The Morgan fingerprint density at radius 1 is 0.826 bits per heavy atom. The summed E-state index contributed by atoms with van der Waals surface area (Å²) in [7, 11) is 0. The summed E-state index contributed by atoms with van der Waals surface area (Å²) in [5, 5.41) is 4.55. The number of imidazole rings is 1. The van der Waals surface area contributed by atoms with Gasteiger partial charge in [0.1, 0.15) is 39.6 Å². The molecule has 0 bridgehead atoms. The third kappa shape index (κ3) is 10.6. The van der Waals surface area contributed by atoms with Crippen molar-refractivity contribution in [3.8, 4) is 0 Å². The van der Waals surface area contributed by atoms with Crippen molar-refractivity contribution in [1.29, 1.82) is 0 Å². The standard InChI is InChI=1S/C29H31N7O10/c30-27-34-25-24(26(39)35-27)33-17-36(25)18-42-15-21(46-23(38)12-32-29(41)45-14-20-9-5-2-6-10-20)16-43-22(37)11-31-28(40)44-13-19-7-3-1-4-8-19/h1-10,17,21H,11-16,18H2,(H,31,40)(H,32,41)(H3,30,34,35,39). The second-order valence-electron chi connectivity index (χ2n) is 9.46. The van der Waals surface area contributed by atoms with Gasteiger partial charge in [0.25, 0.3) is 5.56 Å². The van der Waals surface area contributed by atoms with Gasteiger partial charge in [-0.15, -0.1) is 0 Å². The molecule has 17 heteroatoms. The molecule has 242 valence electrons. The maximum absolute atomic E-state index is 12.5. The van der Waals surface area contributed by atoms with Gasteiger partial charge in [-0.2, -0.15) is 4.98 Å². The van der Waals surface area contributed by atoms with Gasteiger partial charge in [-0.1, -0.05) is 60.7 Å². The Bertz CT molecular complexity index is 1680. The molecule has 4 aromatic rings. The van der Waals surface area contributed by atoms with Gasteiger partial charge in [-0.05, 0) is 11.1 Å². The van der Waals surface area contributed by atoms with Crippen LogP contribution in [0.5, 0.6) is 0 Å². The average molecular weight is 638 g/mol. The highest BCUT2D eigenvalue weighted by Gasteiger charge is 2.20. The van der Waals surface area contributed by atoms with E-state index in [9.17, 15) is 24.0 Å². The van der Waals surface area contributed by atoms with E-state index in [0.717, 1.165) is 11.1 Å². The zero-order valence-electron chi connectivity index (χ0n) is 24.4. The largest absolute Gasteiger partial charge is 0.460 e. The van der Waals surface area contributed by atoms with Crippen LogP contribution in [-0.4, -0.2) is 76.1 Å². The van der Waals surface area contributed by atoms with Crippen molar-refractivity contribution in [2.24, 2.45) is 0 Å². The molecule has 5 N–H and O–H groups in total. The van der Waals surface area contributed by atoms with E-state index in [1.807, 2.05) is 12.1 Å². The monoisotopic (exact) mass is 637 g/mol. The van der Waals surface area contributed by atoms with Crippen LogP contribution in [0.15, 0.2) is 71.8 Å². The van der Waals surface area contributed by atoms with Crippen LogP contribution in [0.2, 0.25) is 0 Å². The van der Waals surface area contributed by atoms with Crippen LogP contribution in [-0.2, 0) is 53.2 Å². The van der Waals surface area contributed by atoms with Crippen LogP contribution in [0.3, 0.4) is 0 Å². The third-order valence-electron chi connectivity index (χ3n) is 5.94. The molecule has 46 heavy (non-hydrogen) atoms. The van der Waals surface area contributed by atoms with E-state index >= 15 is 0 Å². The van der Waals surface area contributed by atoms with Gasteiger partial charge >= 0.3 is 24.1 Å². The smallest absolute Gasteiger partial charge is 0.407 e. The zero-order valence-corrected chi connectivity index (χ0v) is 24.4.